The molecule has 1 aliphatic rings. The first kappa shape index (κ1) is 18.2. The van der Waals surface area contributed by atoms with Gasteiger partial charge in [-0.25, -0.2) is 9.97 Å². The van der Waals surface area contributed by atoms with Gasteiger partial charge in [0.25, 0.3) is 5.91 Å². The number of piperidine rings is 1. The lowest BCUT2D eigenvalue weighted by Crippen LogP contribution is -2.39. The zero-order chi connectivity index (χ0) is 18.5. The van der Waals surface area contributed by atoms with Crippen LogP contribution in [-0.4, -0.2) is 40.0 Å². The number of carbonyl (C=O) groups excluding carboxylic acids is 1. The molecule has 1 aromatic heterocycles. The number of rotatable bonds is 5. The molecule has 1 fully saturated rings. The summed E-state index contributed by atoms with van der Waals surface area (Å²) < 4.78 is 5.81. The zero-order valence-electron chi connectivity index (χ0n) is 15.6. The Morgan fingerprint density at radius 2 is 2.12 bits per heavy atom. The largest absolute Gasteiger partial charge is 0.489 e. The number of anilines is 2. The number of likely N-dealkylation sites (tertiary alicyclic amines) is 1. The molecule has 1 aromatic carbocycles. The fraction of sp³-hybridized carbons (Fsp3) is 0.450. The van der Waals surface area contributed by atoms with E-state index in [1.54, 1.807) is 12.3 Å². The van der Waals surface area contributed by atoms with Gasteiger partial charge >= 0.3 is 0 Å². The number of ether oxygens (including phenoxy) is 1. The summed E-state index contributed by atoms with van der Waals surface area (Å²) in [5, 5.41) is 3.17. The number of hydrogen-bond acceptors (Lipinski definition) is 5. The van der Waals surface area contributed by atoms with Crippen molar-refractivity contribution in [2.75, 3.05) is 18.4 Å². The van der Waals surface area contributed by atoms with Gasteiger partial charge in [0.05, 0.1) is 11.8 Å². The van der Waals surface area contributed by atoms with Gasteiger partial charge in [0.1, 0.15) is 11.4 Å². The lowest BCUT2D eigenvalue weighted by Gasteiger charge is -2.30. The summed E-state index contributed by atoms with van der Waals surface area (Å²) in [4.78, 5) is 23.3. The number of aromatic nitrogens is 2. The normalized spacial score (nSPS) is 17.2. The second-order valence-electron chi connectivity index (χ2n) is 7.05. The third kappa shape index (κ3) is 4.50. The third-order valence-corrected chi connectivity index (χ3v) is 4.32. The maximum Gasteiger partial charge on any atom is 0.272 e. The van der Waals surface area contributed by atoms with Crippen molar-refractivity contribution in [2.45, 2.75) is 39.7 Å². The second-order valence-corrected chi connectivity index (χ2v) is 7.05. The summed E-state index contributed by atoms with van der Waals surface area (Å²) in [6, 6.07) is 9.30. The van der Waals surface area contributed by atoms with E-state index in [9.17, 15) is 4.79 Å². The Hall–Kier alpha value is -2.63. The van der Waals surface area contributed by atoms with E-state index < -0.39 is 0 Å². The smallest absolute Gasteiger partial charge is 0.272 e. The van der Waals surface area contributed by atoms with Gasteiger partial charge in [0.15, 0.2) is 0 Å². The van der Waals surface area contributed by atoms with E-state index in [1.807, 2.05) is 43.0 Å². The van der Waals surface area contributed by atoms with Gasteiger partial charge in [-0.15, -0.1) is 0 Å². The summed E-state index contributed by atoms with van der Waals surface area (Å²) >= 11 is 0. The molecule has 0 radical (unpaired) electrons. The fourth-order valence-electron chi connectivity index (χ4n) is 3.12. The molecule has 1 saturated heterocycles. The molecule has 1 unspecified atom stereocenters. The molecule has 6 heteroatoms. The van der Waals surface area contributed by atoms with E-state index in [0.29, 0.717) is 17.6 Å². The Kier molecular flexibility index (Phi) is 5.71. The Labute approximate surface area is 154 Å². The first-order chi connectivity index (χ1) is 12.5. The minimum absolute atomic E-state index is 0.0336. The average molecular weight is 354 g/mol. The van der Waals surface area contributed by atoms with Crippen LogP contribution in [0.15, 0.2) is 36.5 Å². The van der Waals surface area contributed by atoms with E-state index in [2.05, 4.69) is 22.2 Å². The highest BCUT2D eigenvalue weighted by Gasteiger charge is 2.23. The van der Waals surface area contributed by atoms with Crippen LogP contribution in [0.3, 0.4) is 0 Å². The van der Waals surface area contributed by atoms with Crippen molar-refractivity contribution in [3.8, 4) is 5.75 Å². The molecule has 26 heavy (non-hydrogen) atoms. The second kappa shape index (κ2) is 8.17. The van der Waals surface area contributed by atoms with Gasteiger partial charge in [-0.3, -0.25) is 4.79 Å². The molecular weight excluding hydrogens is 328 g/mol. The molecule has 1 amide bonds. The molecule has 1 atom stereocenters. The van der Waals surface area contributed by atoms with Crippen LogP contribution in [0.4, 0.5) is 11.6 Å². The summed E-state index contributed by atoms with van der Waals surface area (Å²) in [6.45, 7) is 7.72. The number of nitrogens with one attached hydrogen (secondary N) is 1. The van der Waals surface area contributed by atoms with Crippen LogP contribution in [0.2, 0.25) is 0 Å². The van der Waals surface area contributed by atoms with Gasteiger partial charge < -0.3 is 15.0 Å². The highest BCUT2D eigenvalue weighted by Crippen LogP contribution is 2.27. The average Bonchev–Trinajstić information content (AvgIpc) is 2.62. The van der Waals surface area contributed by atoms with Crippen molar-refractivity contribution in [3.63, 3.8) is 0 Å². The van der Waals surface area contributed by atoms with Crippen LogP contribution in [0, 0.1) is 5.92 Å². The lowest BCUT2D eigenvalue weighted by atomic mass is 10.00. The quantitative estimate of drug-likeness (QED) is 0.882. The molecule has 1 N–H and O–H groups in total. The maximum absolute atomic E-state index is 12.7. The number of benzene rings is 1. The molecule has 2 aromatic rings. The van der Waals surface area contributed by atoms with Gasteiger partial charge in [-0.05, 0) is 50.8 Å². The highest BCUT2D eigenvalue weighted by molar-refractivity contribution is 5.92. The highest BCUT2D eigenvalue weighted by atomic mass is 16.5. The molecule has 0 aliphatic carbocycles. The van der Waals surface area contributed by atoms with E-state index in [-0.39, 0.29) is 12.0 Å². The minimum atomic E-state index is -0.0336. The van der Waals surface area contributed by atoms with Gasteiger partial charge in [0.2, 0.25) is 5.95 Å². The van der Waals surface area contributed by atoms with Crippen molar-refractivity contribution < 1.29 is 9.53 Å². The van der Waals surface area contributed by atoms with Crippen molar-refractivity contribution in [1.82, 2.24) is 14.9 Å². The molecule has 0 saturated carbocycles. The number of carbonyl (C=O) groups is 1. The first-order valence-electron chi connectivity index (χ1n) is 9.18. The Morgan fingerprint density at radius 3 is 2.88 bits per heavy atom. The number of amides is 1. The van der Waals surface area contributed by atoms with Crippen LogP contribution in [-0.2, 0) is 0 Å². The van der Waals surface area contributed by atoms with Crippen LogP contribution in [0.5, 0.6) is 5.75 Å². The first-order valence-corrected chi connectivity index (χ1v) is 9.18. The van der Waals surface area contributed by atoms with Gasteiger partial charge in [-0.2, -0.15) is 0 Å². The molecule has 3 rings (SSSR count). The predicted octanol–water partition coefficient (Wildman–Crippen LogP) is 3.88. The third-order valence-electron chi connectivity index (χ3n) is 4.32. The van der Waals surface area contributed by atoms with Crippen LogP contribution in [0.1, 0.15) is 44.1 Å². The van der Waals surface area contributed by atoms with Crippen LogP contribution in [0.25, 0.3) is 0 Å². The van der Waals surface area contributed by atoms with Crippen LogP contribution >= 0.6 is 0 Å². The van der Waals surface area contributed by atoms with Gasteiger partial charge in [0, 0.05) is 19.3 Å². The summed E-state index contributed by atoms with van der Waals surface area (Å²) in [5.41, 5.74) is 1.19. The molecular formula is C20H26N4O2. The maximum atomic E-state index is 12.7. The molecule has 0 spiro atoms. The molecule has 0 bridgehead atoms. The summed E-state index contributed by atoms with van der Waals surface area (Å²) in [7, 11) is 0. The Balaban J connectivity index is 1.77. The summed E-state index contributed by atoms with van der Waals surface area (Å²) in [6.07, 6.45) is 3.89. The standard InChI is InChI=1S/C20H26N4O2/c1-14(2)26-18-9-5-4-8-16(18)22-20-21-11-10-17(23-20)19(25)24-12-6-7-15(3)13-24/h4-5,8-11,14-15H,6-7,12-13H2,1-3H3,(H,21,22,23). The Bertz CT molecular complexity index is 763. The van der Waals surface area contributed by atoms with E-state index in [1.165, 1.54) is 6.42 Å². The Morgan fingerprint density at radius 1 is 1.31 bits per heavy atom. The van der Waals surface area contributed by atoms with E-state index >= 15 is 0 Å². The van der Waals surface area contributed by atoms with Crippen molar-refractivity contribution in [1.29, 1.82) is 0 Å². The molecule has 1 aliphatic heterocycles. The number of para-hydroxylation sites is 2. The predicted molar refractivity (Wildman–Crippen MR) is 102 cm³/mol. The van der Waals surface area contributed by atoms with Gasteiger partial charge in [-0.1, -0.05) is 19.1 Å². The number of hydrogen-bond donors (Lipinski definition) is 1. The molecule has 6 nitrogen and oxygen atoms in total. The van der Waals surface area contributed by atoms with Crippen molar-refractivity contribution in [3.05, 3.63) is 42.2 Å². The molecule has 138 valence electrons. The monoisotopic (exact) mass is 354 g/mol. The minimum Gasteiger partial charge on any atom is -0.489 e. The van der Waals surface area contributed by atoms with E-state index in [4.69, 9.17) is 4.74 Å². The van der Waals surface area contributed by atoms with Crippen LogP contribution < -0.4 is 10.1 Å². The summed E-state index contributed by atoms with van der Waals surface area (Å²) in [5.74, 6) is 1.62. The van der Waals surface area contributed by atoms with Crippen molar-refractivity contribution in [2.24, 2.45) is 5.92 Å². The lowest BCUT2D eigenvalue weighted by molar-refractivity contribution is 0.0677. The fourth-order valence-corrected chi connectivity index (χ4v) is 3.12. The molecule has 2 heterocycles. The van der Waals surface area contributed by atoms with E-state index in [0.717, 1.165) is 30.9 Å². The topological polar surface area (TPSA) is 67.4 Å². The number of nitrogens with zero attached hydrogens (tertiary/aromatic N) is 3. The zero-order valence-corrected chi connectivity index (χ0v) is 15.6. The van der Waals surface area contributed by atoms with Crippen molar-refractivity contribution >= 4 is 17.5 Å². The SMILES string of the molecule is CC1CCCN(C(=O)c2ccnc(Nc3ccccc3OC(C)C)n2)C1.